The SMILES string of the molecule is CCC1(C)CNCCN1Cc1ccccc1Br. The molecule has 2 nitrogen and oxygen atoms in total. The highest BCUT2D eigenvalue weighted by Gasteiger charge is 2.32. The number of hydrogen-bond donors (Lipinski definition) is 1. The predicted molar refractivity (Wildman–Crippen MR) is 76.1 cm³/mol. The molecule has 1 heterocycles. The quantitative estimate of drug-likeness (QED) is 0.922. The lowest BCUT2D eigenvalue weighted by Crippen LogP contribution is -2.58. The van der Waals surface area contributed by atoms with E-state index < -0.39 is 0 Å². The molecule has 1 N–H and O–H groups in total. The molecule has 0 amide bonds. The first-order valence-corrected chi connectivity index (χ1v) is 7.14. The maximum absolute atomic E-state index is 3.64. The number of nitrogens with zero attached hydrogens (tertiary/aromatic N) is 1. The van der Waals surface area contributed by atoms with Crippen molar-refractivity contribution in [3.63, 3.8) is 0 Å². The van der Waals surface area contributed by atoms with Crippen molar-refractivity contribution in [2.45, 2.75) is 32.4 Å². The number of halogens is 1. The van der Waals surface area contributed by atoms with Crippen LogP contribution in [-0.2, 0) is 6.54 Å². The van der Waals surface area contributed by atoms with Crippen LogP contribution in [0.25, 0.3) is 0 Å². The number of piperazine rings is 1. The summed E-state index contributed by atoms with van der Waals surface area (Å²) >= 11 is 3.64. The Morgan fingerprint density at radius 2 is 2.18 bits per heavy atom. The van der Waals surface area contributed by atoms with Crippen molar-refractivity contribution in [2.24, 2.45) is 0 Å². The molecule has 94 valence electrons. The van der Waals surface area contributed by atoms with E-state index in [9.17, 15) is 0 Å². The van der Waals surface area contributed by atoms with Crippen LogP contribution >= 0.6 is 15.9 Å². The zero-order chi connectivity index (χ0) is 12.3. The van der Waals surface area contributed by atoms with Crippen LogP contribution in [0.1, 0.15) is 25.8 Å². The Hall–Kier alpha value is -0.380. The first-order valence-electron chi connectivity index (χ1n) is 6.35. The van der Waals surface area contributed by atoms with Crippen molar-refractivity contribution < 1.29 is 0 Å². The topological polar surface area (TPSA) is 15.3 Å². The third kappa shape index (κ3) is 2.90. The maximum atomic E-state index is 3.64. The lowest BCUT2D eigenvalue weighted by Gasteiger charge is -2.45. The molecule has 1 aromatic rings. The largest absolute Gasteiger partial charge is 0.314 e. The molecule has 0 bridgehead atoms. The molecule has 0 aromatic heterocycles. The van der Waals surface area contributed by atoms with Crippen LogP contribution in [0.5, 0.6) is 0 Å². The standard InChI is InChI=1S/C14H21BrN2/c1-3-14(2)11-16-8-9-17(14)10-12-6-4-5-7-13(12)15/h4-7,16H,3,8-11H2,1-2H3. The molecule has 1 atom stereocenters. The molecule has 1 aromatic carbocycles. The molecule has 3 heteroatoms. The molecule has 1 aliphatic heterocycles. The first kappa shape index (κ1) is 13.1. The number of benzene rings is 1. The summed E-state index contributed by atoms with van der Waals surface area (Å²) in [6.07, 6.45) is 1.18. The lowest BCUT2D eigenvalue weighted by atomic mass is 9.93. The summed E-state index contributed by atoms with van der Waals surface area (Å²) in [5, 5.41) is 3.50. The Bertz CT molecular complexity index is 380. The fourth-order valence-electron chi connectivity index (χ4n) is 2.40. The highest BCUT2D eigenvalue weighted by molar-refractivity contribution is 9.10. The number of rotatable bonds is 3. The van der Waals surface area contributed by atoms with Gasteiger partial charge in [-0.1, -0.05) is 41.1 Å². The van der Waals surface area contributed by atoms with Crippen molar-refractivity contribution in [1.82, 2.24) is 10.2 Å². The zero-order valence-electron chi connectivity index (χ0n) is 10.7. The average molecular weight is 297 g/mol. The van der Waals surface area contributed by atoms with Crippen molar-refractivity contribution in [1.29, 1.82) is 0 Å². The van der Waals surface area contributed by atoms with Crippen LogP contribution in [0, 0.1) is 0 Å². The molecular weight excluding hydrogens is 276 g/mol. The summed E-state index contributed by atoms with van der Waals surface area (Å²) < 4.78 is 1.22. The average Bonchev–Trinajstić information content (AvgIpc) is 2.35. The van der Waals surface area contributed by atoms with Gasteiger partial charge in [0.15, 0.2) is 0 Å². The minimum atomic E-state index is 0.285. The molecular formula is C14H21BrN2. The van der Waals surface area contributed by atoms with Crippen LogP contribution in [0.3, 0.4) is 0 Å². The third-order valence-electron chi connectivity index (χ3n) is 3.91. The second-order valence-corrected chi connectivity index (χ2v) is 5.89. The summed E-state index contributed by atoms with van der Waals surface area (Å²) in [5.41, 5.74) is 1.67. The fourth-order valence-corrected chi connectivity index (χ4v) is 2.81. The van der Waals surface area contributed by atoms with Gasteiger partial charge in [-0.05, 0) is 25.0 Å². The smallest absolute Gasteiger partial charge is 0.0307 e. The zero-order valence-corrected chi connectivity index (χ0v) is 12.3. The van der Waals surface area contributed by atoms with Crippen LogP contribution < -0.4 is 5.32 Å². The van der Waals surface area contributed by atoms with Crippen LogP contribution in [0.2, 0.25) is 0 Å². The molecule has 0 spiro atoms. The van der Waals surface area contributed by atoms with Gasteiger partial charge >= 0.3 is 0 Å². The first-order chi connectivity index (χ1) is 8.15. The Balaban J connectivity index is 2.14. The van der Waals surface area contributed by atoms with E-state index in [1.807, 2.05) is 0 Å². The van der Waals surface area contributed by atoms with Gasteiger partial charge in [-0.25, -0.2) is 0 Å². The molecule has 1 saturated heterocycles. The maximum Gasteiger partial charge on any atom is 0.0307 e. The highest BCUT2D eigenvalue weighted by Crippen LogP contribution is 2.26. The van der Waals surface area contributed by atoms with E-state index in [1.165, 1.54) is 16.5 Å². The number of nitrogens with one attached hydrogen (secondary N) is 1. The molecule has 0 radical (unpaired) electrons. The van der Waals surface area contributed by atoms with Gasteiger partial charge in [-0.3, -0.25) is 4.90 Å². The molecule has 0 aliphatic carbocycles. The Labute approximate surface area is 113 Å². The molecule has 1 fully saturated rings. The second-order valence-electron chi connectivity index (χ2n) is 5.04. The molecule has 2 rings (SSSR count). The van der Waals surface area contributed by atoms with E-state index in [1.54, 1.807) is 0 Å². The van der Waals surface area contributed by atoms with E-state index in [2.05, 4.69) is 64.3 Å². The van der Waals surface area contributed by atoms with Crippen molar-refractivity contribution in [3.8, 4) is 0 Å². The second kappa shape index (κ2) is 5.51. The summed E-state index contributed by atoms with van der Waals surface area (Å²) in [7, 11) is 0. The molecule has 1 aliphatic rings. The van der Waals surface area contributed by atoms with Gasteiger partial charge in [0.05, 0.1) is 0 Å². The van der Waals surface area contributed by atoms with E-state index in [0.29, 0.717) is 0 Å². The van der Waals surface area contributed by atoms with Gasteiger partial charge in [-0.2, -0.15) is 0 Å². The van der Waals surface area contributed by atoms with Gasteiger partial charge in [0.1, 0.15) is 0 Å². The van der Waals surface area contributed by atoms with Gasteiger partial charge in [0, 0.05) is 36.2 Å². The normalized spacial score (nSPS) is 26.1. The summed E-state index contributed by atoms with van der Waals surface area (Å²) in [6, 6.07) is 8.53. The van der Waals surface area contributed by atoms with E-state index in [4.69, 9.17) is 0 Å². The van der Waals surface area contributed by atoms with E-state index in [-0.39, 0.29) is 5.54 Å². The molecule has 1 unspecified atom stereocenters. The van der Waals surface area contributed by atoms with Gasteiger partial charge in [0.2, 0.25) is 0 Å². The Kier molecular flexibility index (Phi) is 4.23. The summed E-state index contributed by atoms with van der Waals surface area (Å²) in [6.45, 7) is 8.99. The Morgan fingerprint density at radius 3 is 2.88 bits per heavy atom. The van der Waals surface area contributed by atoms with Crippen LogP contribution in [0.4, 0.5) is 0 Å². The molecule has 0 saturated carbocycles. The minimum Gasteiger partial charge on any atom is -0.314 e. The lowest BCUT2D eigenvalue weighted by molar-refractivity contribution is 0.0636. The monoisotopic (exact) mass is 296 g/mol. The van der Waals surface area contributed by atoms with Gasteiger partial charge in [0.25, 0.3) is 0 Å². The van der Waals surface area contributed by atoms with Crippen molar-refractivity contribution in [2.75, 3.05) is 19.6 Å². The van der Waals surface area contributed by atoms with E-state index >= 15 is 0 Å². The van der Waals surface area contributed by atoms with Gasteiger partial charge in [-0.15, -0.1) is 0 Å². The van der Waals surface area contributed by atoms with Gasteiger partial charge < -0.3 is 5.32 Å². The number of hydrogen-bond acceptors (Lipinski definition) is 2. The summed E-state index contributed by atoms with van der Waals surface area (Å²) in [4.78, 5) is 2.60. The highest BCUT2D eigenvalue weighted by atomic mass is 79.9. The van der Waals surface area contributed by atoms with Crippen LogP contribution in [-0.4, -0.2) is 30.1 Å². The predicted octanol–water partition coefficient (Wildman–Crippen LogP) is 3.02. The van der Waals surface area contributed by atoms with Crippen LogP contribution in [0.15, 0.2) is 28.7 Å². The van der Waals surface area contributed by atoms with E-state index in [0.717, 1.165) is 26.2 Å². The fraction of sp³-hybridized carbons (Fsp3) is 0.571. The molecule has 17 heavy (non-hydrogen) atoms. The van der Waals surface area contributed by atoms with Crippen molar-refractivity contribution >= 4 is 15.9 Å². The van der Waals surface area contributed by atoms with Crippen molar-refractivity contribution in [3.05, 3.63) is 34.3 Å². The summed E-state index contributed by atoms with van der Waals surface area (Å²) in [5.74, 6) is 0. The Morgan fingerprint density at radius 1 is 1.41 bits per heavy atom. The minimum absolute atomic E-state index is 0.285. The third-order valence-corrected chi connectivity index (χ3v) is 4.68.